The Morgan fingerprint density at radius 1 is 1.14 bits per heavy atom. The number of benzene rings is 2. The fraction of sp³-hybridized carbons (Fsp3) is 0.533. The second-order valence-corrected chi connectivity index (χ2v) is 9.30. The molecule has 2 aromatic carbocycles. The fourth-order valence-electron chi connectivity index (χ4n) is 5.38. The van der Waals surface area contributed by atoms with Crippen LogP contribution in [0.25, 0.3) is 6.08 Å². The zero-order valence-corrected chi connectivity index (χ0v) is 23.5. The van der Waals surface area contributed by atoms with Crippen LogP contribution in [-0.4, -0.2) is 46.1 Å². The minimum atomic E-state index is -0.0392. The molecule has 2 aromatic rings. The van der Waals surface area contributed by atoms with E-state index >= 15 is 0 Å². The smallest absolute Gasteiger partial charge is 0.133 e. The molecule has 36 heavy (non-hydrogen) atoms. The summed E-state index contributed by atoms with van der Waals surface area (Å²) in [6.45, 7) is 10.2. The number of nitrogens with one attached hydrogen (secondary N) is 3. The van der Waals surface area contributed by atoms with Gasteiger partial charge in [-0.25, -0.2) is 0 Å². The van der Waals surface area contributed by atoms with E-state index in [0.717, 1.165) is 51.6 Å². The lowest BCUT2D eigenvalue weighted by Crippen LogP contribution is -2.35. The number of anilines is 2. The van der Waals surface area contributed by atoms with Crippen LogP contribution < -0.4 is 20.9 Å². The molecular weight excluding hydrogens is 464 g/mol. The van der Waals surface area contributed by atoms with Gasteiger partial charge in [-0.1, -0.05) is 50.3 Å². The van der Waals surface area contributed by atoms with Crippen molar-refractivity contribution >= 4 is 30.1 Å². The first-order chi connectivity index (χ1) is 17.8. The summed E-state index contributed by atoms with van der Waals surface area (Å²) in [5.41, 5.74) is 8.02. The number of rotatable bonds is 7. The van der Waals surface area contributed by atoms with Crippen molar-refractivity contribution in [2.75, 3.05) is 56.3 Å². The first-order valence-electron chi connectivity index (χ1n) is 13.6. The van der Waals surface area contributed by atoms with Crippen LogP contribution in [-0.2, 0) is 17.7 Å². The highest BCUT2D eigenvalue weighted by molar-refractivity contribution is 7.79. The maximum absolute atomic E-state index is 5.85. The van der Waals surface area contributed by atoms with Crippen molar-refractivity contribution in [1.29, 1.82) is 0 Å². The van der Waals surface area contributed by atoms with Gasteiger partial charge in [0.15, 0.2) is 0 Å². The molecule has 0 amide bonds. The van der Waals surface area contributed by atoms with Gasteiger partial charge < -0.3 is 20.3 Å². The molecule has 0 aliphatic carbocycles. The van der Waals surface area contributed by atoms with Gasteiger partial charge in [-0.05, 0) is 85.3 Å². The number of aryl methyl sites for hydroxylation is 1. The molecule has 0 aromatic heterocycles. The Kier molecular flexibility index (Phi) is 12.2. The molecule has 1 fully saturated rings. The third-order valence-corrected chi connectivity index (χ3v) is 7.15. The number of fused-ring (bicyclic) bond motifs is 2. The summed E-state index contributed by atoms with van der Waals surface area (Å²) in [6, 6.07) is 13.6. The number of piperidine rings is 1. The minimum absolute atomic E-state index is 0.0392. The molecule has 0 saturated carbocycles. The predicted octanol–water partition coefficient (Wildman–Crippen LogP) is 5.88. The molecule has 3 heterocycles. The van der Waals surface area contributed by atoms with Crippen LogP contribution in [0.5, 0.6) is 0 Å². The number of hydrogen-bond donors (Lipinski definition) is 4. The molecule has 3 aliphatic rings. The molecule has 3 aliphatic heterocycles. The van der Waals surface area contributed by atoms with E-state index in [1.807, 2.05) is 21.0 Å². The molecule has 5 rings (SSSR count). The first kappa shape index (κ1) is 28.6. The molecule has 0 radical (unpaired) electrons. The molecule has 1 saturated heterocycles. The van der Waals surface area contributed by atoms with Gasteiger partial charge in [0.25, 0.3) is 0 Å². The summed E-state index contributed by atoms with van der Waals surface area (Å²) in [7, 11) is 1.81. The van der Waals surface area contributed by atoms with Crippen molar-refractivity contribution in [2.24, 2.45) is 5.92 Å². The topological polar surface area (TPSA) is 48.6 Å². The normalized spacial score (nSPS) is 17.4. The van der Waals surface area contributed by atoms with E-state index in [-0.39, 0.29) is 6.23 Å². The summed E-state index contributed by atoms with van der Waals surface area (Å²) in [5.74, 6) is 0.738. The Labute approximate surface area is 224 Å². The van der Waals surface area contributed by atoms with Crippen molar-refractivity contribution in [3.8, 4) is 0 Å². The fourth-order valence-corrected chi connectivity index (χ4v) is 5.38. The van der Waals surface area contributed by atoms with Gasteiger partial charge in [0.1, 0.15) is 6.23 Å². The Morgan fingerprint density at radius 2 is 1.94 bits per heavy atom. The van der Waals surface area contributed by atoms with Gasteiger partial charge in [-0.2, -0.15) is 12.6 Å². The number of para-hydroxylation sites is 1. The van der Waals surface area contributed by atoms with Gasteiger partial charge in [-0.15, -0.1) is 0 Å². The summed E-state index contributed by atoms with van der Waals surface area (Å²) in [6.07, 6.45) is 10.9. The Hall–Kier alpha value is -1.99. The largest absolute Gasteiger partial charge is 0.381 e. The molecule has 0 spiro atoms. The summed E-state index contributed by atoms with van der Waals surface area (Å²) < 4.78 is 5.85. The molecule has 6 heteroatoms. The van der Waals surface area contributed by atoms with E-state index in [0.29, 0.717) is 0 Å². The SMILES string of the molecule is CC.COC(NCC1CCNCC1)c1ccc2c(c1)CCCN2Cc1cccc2c1NCC=C2.CS. The summed E-state index contributed by atoms with van der Waals surface area (Å²) >= 11 is 3.53. The van der Waals surface area contributed by atoms with Crippen LogP contribution in [0.15, 0.2) is 42.5 Å². The van der Waals surface area contributed by atoms with Crippen LogP contribution in [0.2, 0.25) is 0 Å². The molecular formula is C30H46N4OS. The van der Waals surface area contributed by atoms with Crippen LogP contribution in [0.1, 0.15) is 61.6 Å². The van der Waals surface area contributed by atoms with E-state index in [2.05, 4.69) is 82.0 Å². The van der Waals surface area contributed by atoms with Gasteiger partial charge in [0.2, 0.25) is 0 Å². The van der Waals surface area contributed by atoms with E-state index in [4.69, 9.17) is 4.74 Å². The van der Waals surface area contributed by atoms with Crippen molar-refractivity contribution in [2.45, 2.75) is 52.3 Å². The van der Waals surface area contributed by atoms with Gasteiger partial charge in [-0.3, -0.25) is 5.32 Å². The van der Waals surface area contributed by atoms with Gasteiger partial charge >= 0.3 is 0 Å². The Balaban J connectivity index is 0.000000861. The maximum Gasteiger partial charge on any atom is 0.133 e. The summed E-state index contributed by atoms with van der Waals surface area (Å²) in [4.78, 5) is 2.54. The highest BCUT2D eigenvalue weighted by Crippen LogP contribution is 2.33. The van der Waals surface area contributed by atoms with E-state index in [1.54, 1.807) is 6.26 Å². The number of hydrogen-bond acceptors (Lipinski definition) is 6. The Morgan fingerprint density at radius 3 is 2.72 bits per heavy atom. The third kappa shape index (κ3) is 7.28. The van der Waals surface area contributed by atoms with Crippen LogP contribution in [0.4, 0.5) is 11.4 Å². The van der Waals surface area contributed by atoms with E-state index in [1.165, 1.54) is 52.9 Å². The number of nitrogens with zero attached hydrogens (tertiary/aromatic N) is 1. The van der Waals surface area contributed by atoms with Gasteiger partial charge in [0, 0.05) is 44.7 Å². The second-order valence-electron chi connectivity index (χ2n) is 9.30. The lowest BCUT2D eigenvalue weighted by atomic mass is 9.96. The molecule has 198 valence electrons. The van der Waals surface area contributed by atoms with Crippen molar-refractivity contribution < 1.29 is 4.74 Å². The third-order valence-electron chi connectivity index (χ3n) is 7.15. The number of thiol groups is 1. The first-order valence-corrected chi connectivity index (χ1v) is 14.5. The van der Waals surface area contributed by atoms with Crippen LogP contribution in [0, 0.1) is 5.92 Å². The lowest BCUT2D eigenvalue weighted by molar-refractivity contribution is 0.0681. The Bertz CT molecular complexity index is 958. The molecule has 1 atom stereocenters. The maximum atomic E-state index is 5.85. The van der Waals surface area contributed by atoms with Crippen LogP contribution in [0.3, 0.4) is 0 Å². The highest BCUT2D eigenvalue weighted by atomic mass is 32.1. The lowest BCUT2D eigenvalue weighted by Gasteiger charge is -2.33. The standard InChI is InChI=1S/C27H36N4O.C2H6.CH4S/c1-32-27(30-18-20-11-14-28-15-12-20)23-9-10-25-22(17-23)8-4-16-31(25)19-24-6-2-5-21-7-3-13-29-26(21)24;2*1-2/h2-3,5-7,9-10,17,20,27-30H,4,8,11-16,18-19H2,1H3;1-2H3;2H,1H3. The second kappa shape index (κ2) is 15.3. The van der Waals surface area contributed by atoms with Crippen molar-refractivity contribution in [1.82, 2.24) is 10.6 Å². The average Bonchev–Trinajstić information content (AvgIpc) is 2.96. The molecule has 0 bridgehead atoms. The monoisotopic (exact) mass is 510 g/mol. The number of methoxy groups -OCH3 is 1. The molecule has 5 nitrogen and oxygen atoms in total. The molecule has 3 N–H and O–H groups in total. The highest BCUT2D eigenvalue weighted by Gasteiger charge is 2.22. The minimum Gasteiger partial charge on any atom is -0.381 e. The van der Waals surface area contributed by atoms with Crippen molar-refractivity contribution in [3.63, 3.8) is 0 Å². The molecule has 1 unspecified atom stereocenters. The average molecular weight is 511 g/mol. The van der Waals surface area contributed by atoms with E-state index < -0.39 is 0 Å². The predicted molar refractivity (Wildman–Crippen MR) is 159 cm³/mol. The zero-order valence-electron chi connectivity index (χ0n) is 22.6. The zero-order chi connectivity index (χ0) is 25.8. The van der Waals surface area contributed by atoms with Gasteiger partial charge in [0.05, 0.1) is 0 Å². The summed E-state index contributed by atoms with van der Waals surface area (Å²) in [5, 5.41) is 10.7. The van der Waals surface area contributed by atoms with Crippen LogP contribution >= 0.6 is 12.6 Å². The number of ether oxygens (including phenoxy) is 1. The van der Waals surface area contributed by atoms with E-state index in [9.17, 15) is 0 Å². The quantitative estimate of drug-likeness (QED) is 0.277. The van der Waals surface area contributed by atoms with Crippen molar-refractivity contribution in [3.05, 3.63) is 64.7 Å².